The van der Waals surface area contributed by atoms with E-state index in [9.17, 15) is 19.2 Å². The van der Waals surface area contributed by atoms with Gasteiger partial charge in [0.1, 0.15) is 5.82 Å². The number of nitrogens with one attached hydrogen (secondary N) is 1. The van der Waals surface area contributed by atoms with Gasteiger partial charge in [-0.15, -0.1) is 0 Å². The first-order valence-corrected chi connectivity index (χ1v) is 7.19. The Hall–Kier alpha value is -3.42. The van der Waals surface area contributed by atoms with Crippen LogP contribution >= 0.6 is 0 Å². The van der Waals surface area contributed by atoms with Crippen LogP contribution in [0.1, 0.15) is 36.6 Å². The molecule has 24 heavy (non-hydrogen) atoms. The van der Waals surface area contributed by atoms with Crippen LogP contribution in [0, 0.1) is 0 Å². The summed E-state index contributed by atoms with van der Waals surface area (Å²) < 4.78 is 1.17. The van der Waals surface area contributed by atoms with Gasteiger partial charge < -0.3 is 10.6 Å². The van der Waals surface area contributed by atoms with Crippen molar-refractivity contribution in [3.05, 3.63) is 56.9 Å². The van der Waals surface area contributed by atoms with Crippen LogP contribution in [0.15, 0.2) is 29.1 Å². The van der Waals surface area contributed by atoms with Gasteiger partial charge >= 0.3 is 0 Å². The Labute approximate surface area is 135 Å². The van der Waals surface area contributed by atoms with Crippen molar-refractivity contribution in [2.75, 3.05) is 12.8 Å². The highest BCUT2D eigenvalue weighted by molar-refractivity contribution is 6.23. The lowest BCUT2D eigenvalue weighted by atomic mass is 10.1. The van der Waals surface area contributed by atoms with E-state index in [4.69, 9.17) is 5.73 Å². The molecule has 0 bridgehead atoms. The van der Waals surface area contributed by atoms with Gasteiger partial charge in [0.25, 0.3) is 23.3 Å². The first-order valence-electron chi connectivity index (χ1n) is 7.19. The number of nitrogens with zero attached hydrogens (tertiary/aromatic N) is 2. The fourth-order valence-electron chi connectivity index (χ4n) is 3.19. The molecule has 3 heterocycles. The molecule has 3 amide bonds. The second-order valence-corrected chi connectivity index (χ2v) is 5.74. The standard InChI is InChI=1S/C16H12N4O4/c1-19-6-9-7(16(19)24)3-2-4-10(9)20-11(21)5-8-12(13(20)17)15(23)18-14(8)22/h2-5H,6,17H2,1H3,(H,18,22,23). The van der Waals surface area contributed by atoms with Gasteiger partial charge in [-0.25, -0.2) is 0 Å². The van der Waals surface area contributed by atoms with Crippen molar-refractivity contribution in [2.24, 2.45) is 0 Å². The number of rotatable bonds is 1. The third-order valence-electron chi connectivity index (χ3n) is 4.32. The van der Waals surface area contributed by atoms with Crippen LogP contribution < -0.4 is 16.6 Å². The van der Waals surface area contributed by atoms with Crippen LogP contribution in [0.25, 0.3) is 5.69 Å². The Morgan fingerprint density at radius 3 is 2.58 bits per heavy atom. The van der Waals surface area contributed by atoms with Gasteiger partial charge in [0, 0.05) is 30.8 Å². The van der Waals surface area contributed by atoms with E-state index in [1.165, 1.54) is 9.47 Å². The summed E-state index contributed by atoms with van der Waals surface area (Å²) in [4.78, 5) is 49.8. The molecule has 1 aromatic carbocycles. The summed E-state index contributed by atoms with van der Waals surface area (Å²) in [7, 11) is 1.66. The van der Waals surface area contributed by atoms with E-state index in [0.717, 1.165) is 6.07 Å². The molecule has 8 nitrogen and oxygen atoms in total. The van der Waals surface area contributed by atoms with Gasteiger partial charge in [-0.05, 0) is 12.1 Å². The first-order chi connectivity index (χ1) is 11.4. The zero-order chi connectivity index (χ0) is 17.2. The lowest BCUT2D eigenvalue weighted by Crippen LogP contribution is -2.25. The molecule has 0 aliphatic carbocycles. The minimum Gasteiger partial charge on any atom is -0.384 e. The maximum Gasteiger partial charge on any atom is 0.262 e. The normalized spacial score (nSPS) is 15.5. The zero-order valence-corrected chi connectivity index (χ0v) is 12.6. The summed E-state index contributed by atoms with van der Waals surface area (Å²) >= 11 is 0. The molecule has 0 spiro atoms. The highest BCUT2D eigenvalue weighted by Gasteiger charge is 2.33. The Morgan fingerprint density at radius 2 is 1.83 bits per heavy atom. The molecule has 2 aromatic rings. The molecule has 8 heteroatoms. The van der Waals surface area contributed by atoms with Gasteiger partial charge in [-0.2, -0.15) is 0 Å². The summed E-state index contributed by atoms with van der Waals surface area (Å²) in [6.45, 7) is 0.332. The topological polar surface area (TPSA) is 114 Å². The molecule has 0 saturated carbocycles. The maximum atomic E-state index is 12.5. The van der Waals surface area contributed by atoms with E-state index in [0.29, 0.717) is 23.4 Å². The summed E-state index contributed by atoms with van der Waals surface area (Å²) in [6, 6.07) is 6.07. The first kappa shape index (κ1) is 14.2. The minimum atomic E-state index is -0.640. The van der Waals surface area contributed by atoms with Crippen molar-refractivity contribution in [2.45, 2.75) is 6.54 Å². The highest BCUT2D eigenvalue weighted by Crippen LogP contribution is 2.30. The van der Waals surface area contributed by atoms with E-state index in [1.54, 1.807) is 25.2 Å². The molecule has 0 saturated heterocycles. The smallest absolute Gasteiger partial charge is 0.262 e. The predicted molar refractivity (Wildman–Crippen MR) is 84.0 cm³/mol. The summed E-state index contributed by atoms with van der Waals surface area (Å²) in [6.07, 6.45) is 0. The fourth-order valence-corrected chi connectivity index (χ4v) is 3.19. The Morgan fingerprint density at radius 1 is 1.08 bits per heavy atom. The van der Waals surface area contributed by atoms with Gasteiger partial charge in [0.05, 0.1) is 16.8 Å². The molecular formula is C16H12N4O4. The molecule has 3 N–H and O–H groups in total. The van der Waals surface area contributed by atoms with E-state index in [-0.39, 0.29) is 22.9 Å². The van der Waals surface area contributed by atoms with Crippen LogP contribution in [-0.2, 0) is 6.54 Å². The largest absolute Gasteiger partial charge is 0.384 e. The molecule has 0 unspecified atom stereocenters. The van der Waals surface area contributed by atoms with Crippen molar-refractivity contribution >= 4 is 23.5 Å². The average molecular weight is 324 g/mol. The lowest BCUT2D eigenvalue weighted by molar-refractivity contribution is 0.0814. The highest BCUT2D eigenvalue weighted by atomic mass is 16.2. The van der Waals surface area contributed by atoms with Crippen molar-refractivity contribution in [1.82, 2.24) is 14.8 Å². The minimum absolute atomic E-state index is 0.0186. The summed E-state index contributed by atoms with van der Waals surface area (Å²) in [5.41, 5.74) is 7.03. The van der Waals surface area contributed by atoms with Crippen molar-refractivity contribution < 1.29 is 14.4 Å². The van der Waals surface area contributed by atoms with Gasteiger partial charge in [-0.1, -0.05) is 6.07 Å². The van der Waals surface area contributed by atoms with Crippen molar-refractivity contribution in [3.8, 4) is 5.69 Å². The molecule has 0 atom stereocenters. The Balaban J connectivity index is 2.03. The van der Waals surface area contributed by atoms with E-state index >= 15 is 0 Å². The van der Waals surface area contributed by atoms with Crippen LogP contribution in [0.4, 0.5) is 5.82 Å². The molecule has 120 valence electrons. The summed E-state index contributed by atoms with van der Waals surface area (Å²) in [5.74, 6) is -1.54. The van der Waals surface area contributed by atoms with Crippen molar-refractivity contribution in [3.63, 3.8) is 0 Å². The number of anilines is 1. The van der Waals surface area contributed by atoms with Gasteiger partial charge in [0.15, 0.2) is 0 Å². The number of carbonyl (C=O) groups is 3. The number of fused-ring (bicyclic) bond motifs is 2. The van der Waals surface area contributed by atoms with E-state index in [1.807, 2.05) is 0 Å². The lowest BCUT2D eigenvalue weighted by Gasteiger charge is -2.14. The van der Waals surface area contributed by atoms with E-state index in [2.05, 4.69) is 5.32 Å². The number of hydrogen-bond acceptors (Lipinski definition) is 5. The number of pyridine rings is 1. The third-order valence-corrected chi connectivity index (χ3v) is 4.32. The molecule has 2 aliphatic heterocycles. The molecule has 1 aromatic heterocycles. The number of carbonyl (C=O) groups excluding carboxylic acids is 3. The predicted octanol–water partition coefficient (Wildman–Crippen LogP) is -0.111. The number of imide groups is 1. The van der Waals surface area contributed by atoms with Crippen LogP contribution in [0.2, 0.25) is 0 Å². The van der Waals surface area contributed by atoms with Crippen molar-refractivity contribution in [1.29, 1.82) is 0 Å². The number of nitrogen functional groups attached to an aromatic ring is 1. The fraction of sp³-hybridized carbons (Fsp3) is 0.125. The van der Waals surface area contributed by atoms with Crippen LogP contribution in [0.5, 0.6) is 0 Å². The molecule has 0 fully saturated rings. The van der Waals surface area contributed by atoms with Crippen LogP contribution in [-0.4, -0.2) is 34.2 Å². The third kappa shape index (κ3) is 1.67. The summed E-state index contributed by atoms with van der Waals surface area (Å²) in [5, 5.41) is 2.12. The van der Waals surface area contributed by atoms with Gasteiger partial charge in [-0.3, -0.25) is 29.1 Å². The average Bonchev–Trinajstić information content (AvgIpc) is 2.97. The molecular weight excluding hydrogens is 312 g/mol. The number of hydrogen-bond donors (Lipinski definition) is 2. The SMILES string of the molecule is CN1Cc2c(cccc2-n2c(N)c3c(cc2=O)C(=O)NC3=O)C1=O. The molecule has 4 rings (SSSR count). The maximum absolute atomic E-state index is 12.5. The number of benzene rings is 1. The number of aromatic nitrogens is 1. The van der Waals surface area contributed by atoms with E-state index < -0.39 is 17.4 Å². The number of amides is 3. The van der Waals surface area contributed by atoms with Gasteiger partial charge in [0.2, 0.25) is 0 Å². The Kier molecular flexibility index (Phi) is 2.69. The zero-order valence-electron chi connectivity index (χ0n) is 12.6. The quantitative estimate of drug-likeness (QED) is 0.710. The second-order valence-electron chi connectivity index (χ2n) is 5.74. The Bertz CT molecular complexity index is 1020. The monoisotopic (exact) mass is 324 g/mol. The molecule has 2 aliphatic rings. The molecule has 0 radical (unpaired) electrons. The second kappa shape index (κ2) is 4.54. The number of nitrogens with two attached hydrogens (primary N) is 1. The van der Waals surface area contributed by atoms with Crippen LogP contribution in [0.3, 0.4) is 0 Å².